The first-order valence-electron chi connectivity index (χ1n) is 13.0. The summed E-state index contributed by atoms with van der Waals surface area (Å²) in [6.07, 6.45) is 6.32. The molecule has 0 fully saturated rings. The number of anilines is 1. The summed E-state index contributed by atoms with van der Waals surface area (Å²) in [7, 11) is 1.69. The van der Waals surface area contributed by atoms with Crippen molar-refractivity contribution in [2.75, 3.05) is 25.6 Å². The molecule has 1 N–H and O–H groups in total. The number of nitrogens with one attached hydrogen (secondary N) is 1. The number of pyridine rings is 1. The average molecular weight is 516 g/mol. The Bertz CT molecular complexity index is 1390. The van der Waals surface area contributed by atoms with E-state index in [9.17, 15) is 4.79 Å². The Balaban J connectivity index is 1.53. The van der Waals surface area contributed by atoms with E-state index in [0.717, 1.165) is 81.8 Å². The second-order valence-corrected chi connectivity index (χ2v) is 10.5. The van der Waals surface area contributed by atoms with Gasteiger partial charge in [0, 0.05) is 44.0 Å². The molecule has 0 saturated heterocycles. The van der Waals surface area contributed by atoms with E-state index in [0.29, 0.717) is 19.4 Å². The molecule has 37 heavy (non-hydrogen) atoms. The third kappa shape index (κ3) is 5.36. The lowest BCUT2D eigenvalue weighted by Gasteiger charge is -2.15. The molecule has 3 heterocycles. The number of aryl methyl sites for hydroxylation is 2. The van der Waals surface area contributed by atoms with Crippen molar-refractivity contribution in [1.82, 2.24) is 19.7 Å². The van der Waals surface area contributed by atoms with Gasteiger partial charge in [0.15, 0.2) is 0 Å². The molecular formula is C29H33N5O2S. The highest BCUT2D eigenvalue weighted by Crippen LogP contribution is 2.43. The molecule has 0 atom stereocenters. The minimum Gasteiger partial charge on any atom is -0.385 e. The van der Waals surface area contributed by atoms with Crippen LogP contribution in [-0.4, -0.2) is 45.8 Å². The molecule has 5 rings (SSSR count). The number of ketones is 1. The zero-order valence-electron chi connectivity index (χ0n) is 21.7. The second kappa shape index (κ2) is 11.4. The van der Waals surface area contributed by atoms with E-state index in [1.54, 1.807) is 18.4 Å². The van der Waals surface area contributed by atoms with Gasteiger partial charge in [-0.05, 0) is 63.3 Å². The number of aromatic nitrogens is 4. The lowest BCUT2D eigenvalue weighted by Crippen LogP contribution is -2.07. The van der Waals surface area contributed by atoms with Gasteiger partial charge in [-0.2, -0.15) is 5.10 Å². The fraction of sp³-hybridized carbons (Fsp3) is 0.379. The number of para-hydroxylation sites is 1. The number of unbranched alkanes of at least 4 members (excludes halogenated alkanes) is 1. The number of carbonyl (C=O) groups excluding carboxylic acids is 1. The van der Waals surface area contributed by atoms with Gasteiger partial charge < -0.3 is 10.1 Å². The first kappa shape index (κ1) is 25.3. The molecule has 8 heteroatoms. The lowest BCUT2D eigenvalue weighted by atomic mass is 9.95. The van der Waals surface area contributed by atoms with Gasteiger partial charge in [-0.3, -0.25) is 4.79 Å². The molecule has 1 aromatic carbocycles. The van der Waals surface area contributed by atoms with Crippen LogP contribution in [0.3, 0.4) is 0 Å². The average Bonchev–Trinajstić information content (AvgIpc) is 3.49. The van der Waals surface area contributed by atoms with Crippen LogP contribution in [0.4, 0.5) is 5.82 Å². The van der Waals surface area contributed by atoms with Crippen molar-refractivity contribution in [2.24, 2.45) is 0 Å². The summed E-state index contributed by atoms with van der Waals surface area (Å²) in [6.45, 7) is 5.70. The van der Waals surface area contributed by atoms with Gasteiger partial charge in [0.2, 0.25) is 0 Å². The Kier molecular flexibility index (Phi) is 7.76. The SMILES string of the molecule is CCNc1ccc(-c2nn(-c3ccccc3C)c3c2CCc2nc(CC(=O)CCCCOC)sc2-3)cn1. The molecular weight excluding hydrogens is 482 g/mol. The number of ether oxygens (including phenoxy) is 1. The number of nitrogens with zero attached hydrogens (tertiary/aromatic N) is 4. The van der Waals surface area contributed by atoms with Gasteiger partial charge in [-0.25, -0.2) is 14.6 Å². The quantitative estimate of drug-likeness (QED) is 0.253. The highest BCUT2D eigenvalue weighted by Gasteiger charge is 2.30. The molecule has 0 saturated carbocycles. The number of Topliss-reactive ketones (excluding diaryl/α,β-unsaturated/α-hetero) is 1. The first-order valence-corrected chi connectivity index (χ1v) is 13.8. The number of hydrogen-bond acceptors (Lipinski definition) is 7. The summed E-state index contributed by atoms with van der Waals surface area (Å²) < 4.78 is 7.17. The molecule has 0 spiro atoms. The number of fused-ring (bicyclic) bond motifs is 3. The van der Waals surface area contributed by atoms with E-state index in [2.05, 4.69) is 47.0 Å². The van der Waals surface area contributed by atoms with Crippen LogP contribution in [0.1, 0.15) is 48.0 Å². The number of methoxy groups -OCH3 is 1. The van der Waals surface area contributed by atoms with Gasteiger partial charge in [-0.1, -0.05) is 18.2 Å². The van der Waals surface area contributed by atoms with Crippen LogP contribution in [0.5, 0.6) is 0 Å². The van der Waals surface area contributed by atoms with Crippen molar-refractivity contribution in [3.05, 3.63) is 64.4 Å². The normalized spacial score (nSPS) is 12.3. The maximum Gasteiger partial charge on any atom is 0.139 e. The molecule has 1 aliphatic carbocycles. The summed E-state index contributed by atoms with van der Waals surface area (Å²) >= 11 is 1.64. The van der Waals surface area contributed by atoms with Crippen molar-refractivity contribution in [3.63, 3.8) is 0 Å². The summed E-state index contributed by atoms with van der Waals surface area (Å²) in [5.41, 5.74) is 7.56. The fourth-order valence-electron chi connectivity index (χ4n) is 4.85. The van der Waals surface area contributed by atoms with Crippen LogP contribution >= 0.6 is 11.3 Å². The van der Waals surface area contributed by atoms with Gasteiger partial charge in [0.05, 0.1) is 34.1 Å². The zero-order chi connectivity index (χ0) is 25.8. The van der Waals surface area contributed by atoms with Crippen LogP contribution in [0, 0.1) is 6.92 Å². The third-order valence-corrected chi connectivity index (χ3v) is 7.80. The van der Waals surface area contributed by atoms with Gasteiger partial charge in [0.25, 0.3) is 0 Å². The summed E-state index contributed by atoms with van der Waals surface area (Å²) in [4.78, 5) is 23.3. The van der Waals surface area contributed by atoms with Crippen LogP contribution in [0.15, 0.2) is 42.6 Å². The number of thiazole rings is 1. The summed E-state index contributed by atoms with van der Waals surface area (Å²) in [5, 5.41) is 9.31. The van der Waals surface area contributed by atoms with Crippen molar-refractivity contribution in [2.45, 2.75) is 52.4 Å². The van der Waals surface area contributed by atoms with Crippen molar-refractivity contribution < 1.29 is 9.53 Å². The molecule has 0 radical (unpaired) electrons. The smallest absolute Gasteiger partial charge is 0.139 e. The molecule has 0 unspecified atom stereocenters. The Morgan fingerprint density at radius 3 is 2.78 bits per heavy atom. The third-order valence-electron chi connectivity index (χ3n) is 6.69. The number of carbonyl (C=O) groups is 1. The standard InChI is InChI=1S/C29H33N5O2S/c1-4-30-25-15-12-20(18-31-25)27-22-13-14-23-29(28(22)34(33-27)24-11-6-5-9-19(24)2)37-26(32-23)17-21(35)10-7-8-16-36-3/h5-6,9,11-12,15,18H,4,7-8,10,13-14,16-17H2,1-3H3,(H,30,31). The van der Waals surface area contributed by atoms with E-state index < -0.39 is 0 Å². The fourth-order valence-corrected chi connectivity index (χ4v) is 6.04. The number of rotatable bonds is 11. The highest BCUT2D eigenvalue weighted by atomic mass is 32.1. The van der Waals surface area contributed by atoms with Crippen LogP contribution in [0.25, 0.3) is 27.5 Å². The molecule has 192 valence electrons. The predicted octanol–water partition coefficient (Wildman–Crippen LogP) is 5.82. The van der Waals surface area contributed by atoms with E-state index in [1.165, 1.54) is 5.56 Å². The lowest BCUT2D eigenvalue weighted by molar-refractivity contribution is -0.118. The Morgan fingerprint density at radius 1 is 1.16 bits per heavy atom. The maximum atomic E-state index is 12.6. The molecule has 1 aliphatic rings. The topological polar surface area (TPSA) is 81.9 Å². The number of benzene rings is 1. The molecule has 3 aromatic heterocycles. The zero-order valence-corrected chi connectivity index (χ0v) is 22.5. The first-order chi connectivity index (χ1) is 18.1. The largest absolute Gasteiger partial charge is 0.385 e. The van der Waals surface area contributed by atoms with E-state index in [1.807, 2.05) is 24.4 Å². The molecule has 4 aromatic rings. The minimum absolute atomic E-state index is 0.238. The van der Waals surface area contributed by atoms with Crippen LogP contribution < -0.4 is 5.32 Å². The van der Waals surface area contributed by atoms with Crippen molar-refractivity contribution in [3.8, 4) is 27.5 Å². The Morgan fingerprint density at radius 2 is 2.03 bits per heavy atom. The van der Waals surface area contributed by atoms with Gasteiger partial charge >= 0.3 is 0 Å². The second-order valence-electron chi connectivity index (χ2n) is 9.39. The summed E-state index contributed by atoms with van der Waals surface area (Å²) in [6, 6.07) is 12.4. The maximum absolute atomic E-state index is 12.6. The molecule has 0 amide bonds. The van der Waals surface area contributed by atoms with Crippen molar-refractivity contribution in [1.29, 1.82) is 0 Å². The molecule has 0 aliphatic heterocycles. The van der Waals surface area contributed by atoms with Crippen LogP contribution in [-0.2, 0) is 28.8 Å². The molecule has 7 nitrogen and oxygen atoms in total. The van der Waals surface area contributed by atoms with Crippen molar-refractivity contribution >= 4 is 22.9 Å². The van der Waals surface area contributed by atoms with Crippen LogP contribution in [0.2, 0.25) is 0 Å². The van der Waals surface area contributed by atoms with E-state index >= 15 is 0 Å². The predicted molar refractivity (Wildman–Crippen MR) is 149 cm³/mol. The highest BCUT2D eigenvalue weighted by molar-refractivity contribution is 7.15. The number of hydrogen-bond donors (Lipinski definition) is 1. The Labute approximate surface area is 221 Å². The Hall–Kier alpha value is -3.36. The monoisotopic (exact) mass is 515 g/mol. The molecule has 0 bridgehead atoms. The van der Waals surface area contributed by atoms with E-state index in [-0.39, 0.29) is 5.78 Å². The minimum atomic E-state index is 0.238. The van der Waals surface area contributed by atoms with Gasteiger partial charge in [-0.15, -0.1) is 11.3 Å². The summed E-state index contributed by atoms with van der Waals surface area (Å²) in [5.74, 6) is 1.10. The van der Waals surface area contributed by atoms with Gasteiger partial charge in [0.1, 0.15) is 16.6 Å². The van der Waals surface area contributed by atoms with E-state index in [4.69, 9.17) is 14.8 Å².